The summed E-state index contributed by atoms with van der Waals surface area (Å²) in [4.78, 5) is 10.5. The Kier molecular flexibility index (Phi) is 2.11. The number of carboxylic acid groups (broad SMARTS) is 1. The van der Waals surface area contributed by atoms with Crippen molar-refractivity contribution < 1.29 is 9.90 Å². The van der Waals surface area contributed by atoms with Gasteiger partial charge in [-0.1, -0.05) is 12.2 Å². The first-order valence-electron chi connectivity index (χ1n) is 3.26. The van der Waals surface area contributed by atoms with E-state index in [1.807, 2.05) is 0 Å². The average molecular weight is 151 g/mol. The van der Waals surface area contributed by atoms with E-state index in [-0.39, 0.29) is 0 Å². The van der Waals surface area contributed by atoms with Crippen LogP contribution < -0.4 is 5.73 Å². The zero-order chi connectivity index (χ0) is 8.27. The molecule has 3 N–H and O–H groups in total. The summed E-state index contributed by atoms with van der Waals surface area (Å²) in [5.41, 5.74) is 6.24. The lowest BCUT2D eigenvalue weighted by atomic mass is 10.2. The Bertz CT molecular complexity index is 261. The van der Waals surface area contributed by atoms with Crippen LogP contribution in [-0.2, 0) is 4.79 Å². The zero-order valence-electron chi connectivity index (χ0n) is 5.95. The number of carboxylic acids is 1. The molecule has 0 bridgehead atoms. The summed E-state index contributed by atoms with van der Waals surface area (Å²) >= 11 is 0. The van der Waals surface area contributed by atoms with Crippen molar-refractivity contribution in [2.24, 2.45) is 5.73 Å². The van der Waals surface area contributed by atoms with E-state index in [9.17, 15) is 4.79 Å². The van der Waals surface area contributed by atoms with Gasteiger partial charge in [-0.2, -0.15) is 0 Å². The van der Waals surface area contributed by atoms with Gasteiger partial charge in [0.25, 0.3) is 0 Å². The fraction of sp³-hybridized carbons (Fsp3) is 0.125. The number of aliphatic carboxylic acids is 1. The first kappa shape index (κ1) is 7.60. The molecule has 1 aliphatic rings. The van der Waals surface area contributed by atoms with E-state index in [0.29, 0.717) is 17.7 Å². The normalized spacial score (nSPS) is 16.7. The molecule has 3 heteroatoms. The Labute approximate surface area is 64.5 Å². The number of hydrogen-bond donors (Lipinski definition) is 2. The van der Waals surface area contributed by atoms with Crippen LogP contribution >= 0.6 is 0 Å². The van der Waals surface area contributed by atoms with Gasteiger partial charge in [0.15, 0.2) is 0 Å². The molecule has 0 saturated heterocycles. The molecular weight excluding hydrogens is 142 g/mol. The molecule has 0 radical (unpaired) electrons. The summed E-state index contributed by atoms with van der Waals surface area (Å²) in [6.07, 6.45) is 7.10. The van der Waals surface area contributed by atoms with Gasteiger partial charge in [-0.05, 0) is 18.6 Å². The van der Waals surface area contributed by atoms with E-state index in [1.54, 1.807) is 18.2 Å². The molecule has 0 heterocycles. The Morgan fingerprint density at radius 1 is 1.64 bits per heavy atom. The molecule has 0 aromatic rings. The van der Waals surface area contributed by atoms with Crippen molar-refractivity contribution in [2.75, 3.05) is 0 Å². The summed E-state index contributed by atoms with van der Waals surface area (Å²) in [6.45, 7) is 0. The SMILES string of the molecule is NC1=CC=CCC(C(=O)O)=C1. The Morgan fingerprint density at radius 2 is 2.36 bits per heavy atom. The van der Waals surface area contributed by atoms with Crippen LogP contribution in [0.4, 0.5) is 0 Å². The quantitative estimate of drug-likeness (QED) is 0.582. The third kappa shape index (κ3) is 1.97. The van der Waals surface area contributed by atoms with Gasteiger partial charge in [0.1, 0.15) is 0 Å². The van der Waals surface area contributed by atoms with E-state index in [4.69, 9.17) is 10.8 Å². The van der Waals surface area contributed by atoms with Crippen LogP contribution in [0.1, 0.15) is 6.42 Å². The molecule has 0 aromatic carbocycles. The van der Waals surface area contributed by atoms with E-state index < -0.39 is 5.97 Å². The monoisotopic (exact) mass is 151 g/mol. The van der Waals surface area contributed by atoms with Crippen molar-refractivity contribution in [3.63, 3.8) is 0 Å². The molecule has 3 nitrogen and oxygen atoms in total. The first-order valence-corrected chi connectivity index (χ1v) is 3.26. The Hall–Kier alpha value is -1.51. The molecule has 0 spiro atoms. The first-order chi connectivity index (χ1) is 5.20. The number of allylic oxidation sites excluding steroid dienone is 4. The number of hydrogen-bond acceptors (Lipinski definition) is 2. The van der Waals surface area contributed by atoms with Gasteiger partial charge in [-0.15, -0.1) is 0 Å². The molecule has 58 valence electrons. The fourth-order valence-corrected chi connectivity index (χ4v) is 0.831. The fourth-order valence-electron chi connectivity index (χ4n) is 0.831. The van der Waals surface area contributed by atoms with E-state index in [1.165, 1.54) is 6.08 Å². The highest BCUT2D eigenvalue weighted by atomic mass is 16.4. The smallest absolute Gasteiger partial charge is 0.331 e. The van der Waals surface area contributed by atoms with Crippen molar-refractivity contribution in [3.8, 4) is 0 Å². The van der Waals surface area contributed by atoms with Crippen LogP contribution in [0, 0.1) is 0 Å². The standard InChI is InChI=1S/C8H9NO2/c9-7-4-2-1-3-6(5-7)8(10)11/h1-2,4-5H,3,9H2,(H,10,11). The molecule has 0 fully saturated rings. The van der Waals surface area contributed by atoms with Gasteiger partial charge < -0.3 is 10.8 Å². The predicted octanol–water partition coefficient (Wildman–Crippen LogP) is 0.800. The van der Waals surface area contributed by atoms with Crippen LogP contribution in [0.3, 0.4) is 0 Å². The maximum atomic E-state index is 10.5. The molecule has 1 aliphatic carbocycles. The second kappa shape index (κ2) is 3.05. The number of nitrogens with two attached hydrogens (primary N) is 1. The minimum absolute atomic E-state index is 0.326. The lowest BCUT2D eigenvalue weighted by Gasteiger charge is -1.94. The van der Waals surface area contributed by atoms with Gasteiger partial charge in [0.2, 0.25) is 0 Å². The van der Waals surface area contributed by atoms with Crippen LogP contribution in [0.15, 0.2) is 35.6 Å². The summed E-state index contributed by atoms with van der Waals surface area (Å²) in [5, 5.41) is 8.60. The van der Waals surface area contributed by atoms with Gasteiger partial charge in [0, 0.05) is 11.3 Å². The molecule has 0 aromatic heterocycles. The van der Waals surface area contributed by atoms with E-state index >= 15 is 0 Å². The number of rotatable bonds is 1. The zero-order valence-corrected chi connectivity index (χ0v) is 5.95. The largest absolute Gasteiger partial charge is 0.478 e. The molecule has 11 heavy (non-hydrogen) atoms. The second-order valence-corrected chi connectivity index (χ2v) is 2.27. The average Bonchev–Trinajstić information content (AvgIpc) is 2.13. The minimum Gasteiger partial charge on any atom is -0.478 e. The molecule has 0 atom stereocenters. The van der Waals surface area contributed by atoms with Gasteiger partial charge in [-0.3, -0.25) is 0 Å². The molecule has 0 saturated carbocycles. The lowest BCUT2D eigenvalue weighted by Crippen LogP contribution is -2.01. The molecule has 0 aliphatic heterocycles. The topological polar surface area (TPSA) is 63.3 Å². The molecule has 0 amide bonds. The summed E-state index contributed by atoms with van der Waals surface area (Å²) < 4.78 is 0. The number of carbonyl (C=O) groups is 1. The van der Waals surface area contributed by atoms with Crippen LogP contribution in [0.5, 0.6) is 0 Å². The van der Waals surface area contributed by atoms with Crippen molar-refractivity contribution in [2.45, 2.75) is 6.42 Å². The second-order valence-electron chi connectivity index (χ2n) is 2.27. The minimum atomic E-state index is -0.909. The highest BCUT2D eigenvalue weighted by Gasteiger charge is 2.05. The third-order valence-corrected chi connectivity index (χ3v) is 1.38. The van der Waals surface area contributed by atoms with Crippen molar-refractivity contribution >= 4 is 5.97 Å². The summed E-state index contributed by atoms with van der Waals surface area (Å²) in [7, 11) is 0. The molecular formula is C8H9NO2. The van der Waals surface area contributed by atoms with Crippen molar-refractivity contribution in [1.82, 2.24) is 0 Å². The summed E-state index contributed by atoms with van der Waals surface area (Å²) in [5.74, 6) is -0.909. The van der Waals surface area contributed by atoms with Crippen molar-refractivity contribution in [3.05, 3.63) is 35.6 Å². The van der Waals surface area contributed by atoms with Gasteiger partial charge >= 0.3 is 5.97 Å². The van der Waals surface area contributed by atoms with E-state index in [0.717, 1.165) is 0 Å². The van der Waals surface area contributed by atoms with Crippen LogP contribution in [-0.4, -0.2) is 11.1 Å². The highest BCUT2D eigenvalue weighted by molar-refractivity contribution is 5.87. The Morgan fingerprint density at radius 3 is 3.00 bits per heavy atom. The predicted molar refractivity (Wildman–Crippen MR) is 41.7 cm³/mol. The Balaban J connectivity index is 2.90. The van der Waals surface area contributed by atoms with Crippen LogP contribution in [0.25, 0.3) is 0 Å². The maximum Gasteiger partial charge on any atom is 0.331 e. The van der Waals surface area contributed by atoms with Gasteiger partial charge in [-0.25, -0.2) is 4.79 Å². The lowest BCUT2D eigenvalue weighted by molar-refractivity contribution is -0.132. The van der Waals surface area contributed by atoms with E-state index in [2.05, 4.69) is 0 Å². The molecule has 1 rings (SSSR count). The van der Waals surface area contributed by atoms with Gasteiger partial charge in [0.05, 0.1) is 0 Å². The maximum absolute atomic E-state index is 10.5. The third-order valence-electron chi connectivity index (χ3n) is 1.38. The summed E-state index contributed by atoms with van der Waals surface area (Å²) in [6, 6.07) is 0. The van der Waals surface area contributed by atoms with Crippen LogP contribution in [0.2, 0.25) is 0 Å². The highest BCUT2D eigenvalue weighted by Crippen LogP contribution is 2.08. The van der Waals surface area contributed by atoms with Crippen molar-refractivity contribution in [1.29, 1.82) is 0 Å². The molecule has 0 unspecified atom stereocenters.